The SMILES string of the molecule is C=C1C(=NCCNc2ccc(C#N)c(N)n2)NC(c2ccc(Cl)cc2Cl)=CN1/N=C\C. The number of nitrogens with two attached hydrogens (primary N) is 1. The van der Waals surface area contributed by atoms with Crippen LogP contribution in [0.5, 0.6) is 0 Å². The van der Waals surface area contributed by atoms with E-state index in [2.05, 4.69) is 32.3 Å². The van der Waals surface area contributed by atoms with Gasteiger partial charge in [-0.1, -0.05) is 29.8 Å². The molecule has 4 N–H and O–H groups in total. The molecule has 0 radical (unpaired) electrons. The predicted molar refractivity (Wildman–Crippen MR) is 127 cm³/mol. The van der Waals surface area contributed by atoms with Gasteiger partial charge in [0.2, 0.25) is 0 Å². The highest BCUT2D eigenvalue weighted by molar-refractivity contribution is 6.35. The first-order chi connectivity index (χ1) is 14.9. The minimum atomic E-state index is 0.184. The van der Waals surface area contributed by atoms with Gasteiger partial charge < -0.3 is 16.4 Å². The summed E-state index contributed by atoms with van der Waals surface area (Å²) in [6, 6.07) is 10.6. The summed E-state index contributed by atoms with van der Waals surface area (Å²) >= 11 is 12.4. The number of halogens is 2. The van der Waals surface area contributed by atoms with E-state index >= 15 is 0 Å². The lowest BCUT2D eigenvalue weighted by Crippen LogP contribution is -2.35. The average Bonchev–Trinajstić information content (AvgIpc) is 2.74. The zero-order valence-corrected chi connectivity index (χ0v) is 18.2. The van der Waals surface area contributed by atoms with Gasteiger partial charge in [0.1, 0.15) is 17.7 Å². The molecule has 0 amide bonds. The number of hydrogen-bond acceptors (Lipinski definition) is 7. The maximum absolute atomic E-state index is 8.93. The van der Waals surface area contributed by atoms with Crippen molar-refractivity contribution in [2.45, 2.75) is 6.92 Å². The molecule has 0 saturated carbocycles. The van der Waals surface area contributed by atoms with Gasteiger partial charge in [0.15, 0.2) is 5.84 Å². The van der Waals surface area contributed by atoms with Gasteiger partial charge in [-0.15, -0.1) is 0 Å². The van der Waals surface area contributed by atoms with Crippen LogP contribution < -0.4 is 16.4 Å². The zero-order valence-electron chi connectivity index (χ0n) is 16.7. The Bertz CT molecular complexity index is 1130. The summed E-state index contributed by atoms with van der Waals surface area (Å²) in [4.78, 5) is 8.75. The second-order valence-corrected chi connectivity index (χ2v) is 7.20. The summed E-state index contributed by atoms with van der Waals surface area (Å²) in [5.74, 6) is 1.31. The van der Waals surface area contributed by atoms with Crippen LogP contribution >= 0.6 is 23.2 Å². The molecule has 2 aromatic rings. The number of amidine groups is 1. The highest BCUT2D eigenvalue weighted by Gasteiger charge is 2.21. The standard InChI is InChI=1S/C21H20Cl2N8/c1-3-28-31-12-18(16-6-5-15(22)10-17(16)23)29-21(13(31)2)27-9-8-26-19-7-4-14(11-24)20(25)30-19/h3-7,10,12H,2,8-9H2,1H3,(H,27,29)(H3,25,26,30)/b28-3-. The van der Waals surface area contributed by atoms with Crippen LogP contribution in [0.4, 0.5) is 11.6 Å². The fourth-order valence-corrected chi connectivity index (χ4v) is 3.27. The number of pyridine rings is 1. The van der Waals surface area contributed by atoms with Crippen molar-refractivity contribution in [3.63, 3.8) is 0 Å². The number of hydrazone groups is 1. The third-order valence-electron chi connectivity index (χ3n) is 4.25. The molecule has 31 heavy (non-hydrogen) atoms. The van der Waals surface area contributed by atoms with E-state index < -0.39 is 0 Å². The molecule has 0 saturated heterocycles. The quantitative estimate of drug-likeness (QED) is 0.447. The minimum absolute atomic E-state index is 0.184. The van der Waals surface area contributed by atoms with E-state index in [0.29, 0.717) is 51.7 Å². The van der Waals surface area contributed by atoms with Crippen molar-refractivity contribution in [1.82, 2.24) is 15.3 Å². The summed E-state index contributed by atoms with van der Waals surface area (Å²) in [6.45, 7) is 6.80. The maximum Gasteiger partial charge on any atom is 0.151 e. The first kappa shape index (κ1) is 22.2. The van der Waals surface area contributed by atoms with Crippen molar-refractivity contribution in [3.8, 4) is 6.07 Å². The number of hydrogen-bond donors (Lipinski definition) is 3. The van der Waals surface area contributed by atoms with E-state index in [1.165, 1.54) is 0 Å². The summed E-state index contributed by atoms with van der Waals surface area (Å²) in [5, 5.41) is 22.3. The minimum Gasteiger partial charge on any atom is -0.383 e. The molecule has 1 aromatic heterocycles. The number of nitrogens with one attached hydrogen (secondary N) is 2. The average molecular weight is 455 g/mol. The molecule has 158 valence electrons. The van der Waals surface area contributed by atoms with Crippen LogP contribution in [-0.2, 0) is 0 Å². The topological polar surface area (TPSA) is 115 Å². The first-order valence-electron chi connectivity index (χ1n) is 9.29. The molecule has 1 aliphatic rings. The molecule has 1 aromatic carbocycles. The van der Waals surface area contributed by atoms with E-state index in [-0.39, 0.29) is 5.82 Å². The van der Waals surface area contributed by atoms with Crippen LogP contribution in [0.1, 0.15) is 18.1 Å². The van der Waals surface area contributed by atoms with Crippen LogP contribution in [-0.4, -0.2) is 35.1 Å². The van der Waals surface area contributed by atoms with Gasteiger partial charge >= 0.3 is 0 Å². The molecule has 8 nitrogen and oxygen atoms in total. The molecule has 0 bridgehead atoms. The Morgan fingerprint density at radius 1 is 1.35 bits per heavy atom. The van der Waals surface area contributed by atoms with Crippen LogP contribution in [0.15, 0.2) is 58.9 Å². The van der Waals surface area contributed by atoms with Crippen molar-refractivity contribution in [2.24, 2.45) is 10.1 Å². The van der Waals surface area contributed by atoms with E-state index in [9.17, 15) is 0 Å². The monoisotopic (exact) mass is 454 g/mol. The van der Waals surface area contributed by atoms with Gasteiger partial charge in [-0.3, -0.25) is 4.99 Å². The van der Waals surface area contributed by atoms with Crippen molar-refractivity contribution in [1.29, 1.82) is 5.26 Å². The largest absolute Gasteiger partial charge is 0.383 e. The van der Waals surface area contributed by atoms with E-state index in [1.54, 1.807) is 41.7 Å². The number of rotatable bonds is 6. The van der Waals surface area contributed by atoms with Gasteiger partial charge in [0.05, 0.1) is 34.7 Å². The summed E-state index contributed by atoms with van der Waals surface area (Å²) in [5.41, 5.74) is 8.15. The predicted octanol–water partition coefficient (Wildman–Crippen LogP) is 4.08. The summed E-state index contributed by atoms with van der Waals surface area (Å²) in [7, 11) is 0. The van der Waals surface area contributed by atoms with Gasteiger partial charge in [0, 0.05) is 23.3 Å². The fraction of sp³-hybridized carbons (Fsp3) is 0.143. The number of aromatic nitrogens is 1. The Balaban J connectivity index is 1.74. The second-order valence-electron chi connectivity index (χ2n) is 6.36. The second kappa shape index (κ2) is 9.98. The molecule has 0 aliphatic carbocycles. The first-order valence-corrected chi connectivity index (χ1v) is 10.0. The molecule has 10 heteroatoms. The normalized spacial score (nSPS) is 15.0. The number of nitrogens with zero attached hydrogens (tertiary/aromatic N) is 5. The van der Waals surface area contributed by atoms with Gasteiger partial charge in [-0.25, -0.2) is 9.99 Å². The van der Waals surface area contributed by atoms with Gasteiger partial charge in [0.25, 0.3) is 0 Å². The Hall–Kier alpha value is -3.54. The molecule has 2 heterocycles. The lowest BCUT2D eigenvalue weighted by Gasteiger charge is -2.27. The Labute approximate surface area is 190 Å². The molecule has 0 atom stereocenters. The molecule has 0 unspecified atom stereocenters. The van der Waals surface area contributed by atoms with Crippen molar-refractivity contribution in [2.75, 3.05) is 24.1 Å². The molecule has 3 rings (SSSR count). The van der Waals surface area contributed by atoms with Crippen molar-refractivity contribution < 1.29 is 0 Å². The Morgan fingerprint density at radius 2 is 2.16 bits per heavy atom. The third-order valence-corrected chi connectivity index (χ3v) is 4.80. The Morgan fingerprint density at radius 3 is 2.84 bits per heavy atom. The van der Waals surface area contributed by atoms with Crippen LogP contribution in [0, 0.1) is 11.3 Å². The molecule has 1 aliphatic heterocycles. The third kappa shape index (κ3) is 5.34. The highest BCUT2D eigenvalue weighted by Crippen LogP contribution is 2.29. The highest BCUT2D eigenvalue weighted by atomic mass is 35.5. The van der Waals surface area contributed by atoms with E-state index in [0.717, 1.165) is 5.56 Å². The molecule has 0 spiro atoms. The number of benzene rings is 1. The smallest absolute Gasteiger partial charge is 0.151 e. The van der Waals surface area contributed by atoms with E-state index in [4.69, 9.17) is 34.2 Å². The zero-order chi connectivity index (χ0) is 22.4. The van der Waals surface area contributed by atoms with E-state index in [1.807, 2.05) is 19.1 Å². The molecular weight excluding hydrogens is 435 g/mol. The number of nitriles is 1. The molecular formula is C21H20Cl2N8. The fourth-order valence-electron chi connectivity index (χ4n) is 2.76. The number of aliphatic imine (C=N–C) groups is 1. The Kier molecular flexibility index (Phi) is 7.13. The lowest BCUT2D eigenvalue weighted by atomic mass is 10.1. The van der Waals surface area contributed by atoms with Crippen LogP contribution in [0.25, 0.3) is 5.70 Å². The number of anilines is 2. The van der Waals surface area contributed by atoms with Gasteiger partial charge in [-0.2, -0.15) is 10.4 Å². The van der Waals surface area contributed by atoms with Crippen LogP contribution in [0.3, 0.4) is 0 Å². The van der Waals surface area contributed by atoms with Crippen molar-refractivity contribution >= 4 is 52.6 Å². The van der Waals surface area contributed by atoms with Gasteiger partial charge in [-0.05, 0) is 37.3 Å². The molecule has 0 fully saturated rings. The summed E-state index contributed by atoms with van der Waals surface area (Å²) < 4.78 is 0. The number of nitrogen functional groups attached to an aromatic ring is 1. The maximum atomic E-state index is 8.93. The summed E-state index contributed by atoms with van der Waals surface area (Å²) in [6.07, 6.45) is 3.45. The lowest BCUT2D eigenvalue weighted by molar-refractivity contribution is 0.517. The van der Waals surface area contributed by atoms with Crippen LogP contribution in [0.2, 0.25) is 10.0 Å². The van der Waals surface area contributed by atoms with Crippen molar-refractivity contribution in [3.05, 3.63) is 70.0 Å².